The molecular weight excluding hydrogens is 276 g/mol. The number of aromatic nitrogens is 1. The Balaban J connectivity index is 2.18. The van der Waals surface area contributed by atoms with Gasteiger partial charge in [-0.05, 0) is 42.6 Å². The first-order valence-electron chi connectivity index (χ1n) is 6.30. The third-order valence-corrected chi connectivity index (χ3v) is 3.97. The normalized spacial score (nSPS) is 14.5. The molecule has 3 rings (SSSR count). The van der Waals surface area contributed by atoms with E-state index in [0.29, 0.717) is 0 Å². The molecule has 0 fully saturated rings. The highest BCUT2D eigenvalue weighted by atomic mass is 79.9. The number of benzene rings is 1. The van der Waals surface area contributed by atoms with Crippen LogP contribution in [0.5, 0.6) is 0 Å². The summed E-state index contributed by atoms with van der Waals surface area (Å²) >= 11 is 3.63. The van der Waals surface area contributed by atoms with Gasteiger partial charge in [0.2, 0.25) is 0 Å². The maximum Gasteiger partial charge on any atom is 0.0516 e. The van der Waals surface area contributed by atoms with Crippen LogP contribution in [0, 0.1) is 0 Å². The molecule has 1 aromatic carbocycles. The van der Waals surface area contributed by atoms with Gasteiger partial charge < -0.3 is 9.88 Å². The van der Waals surface area contributed by atoms with Crippen molar-refractivity contribution in [1.29, 1.82) is 0 Å². The molecule has 1 N–H and O–H groups in total. The molecule has 17 heavy (non-hydrogen) atoms. The van der Waals surface area contributed by atoms with Crippen LogP contribution in [0.15, 0.2) is 22.8 Å². The first kappa shape index (κ1) is 11.3. The zero-order valence-corrected chi connectivity index (χ0v) is 11.7. The molecule has 0 saturated carbocycles. The van der Waals surface area contributed by atoms with E-state index < -0.39 is 0 Å². The van der Waals surface area contributed by atoms with Gasteiger partial charge in [-0.1, -0.05) is 22.9 Å². The van der Waals surface area contributed by atoms with Gasteiger partial charge in [0.05, 0.1) is 5.52 Å². The maximum atomic E-state index is 3.63. The topological polar surface area (TPSA) is 17.0 Å². The van der Waals surface area contributed by atoms with Crippen molar-refractivity contribution in [2.75, 3.05) is 6.54 Å². The molecule has 0 radical (unpaired) electrons. The van der Waals surface area contributed by atoms with Crippen LogP contribution in [0.1, 0.15) is 24.5 Å². The van der Waals surface area contributed by atoms with Gasteiger partial charge in [-0.2, -0.15) is 0 Å². The fourth-order valence-corrected chi connectivity index (χ4v) is 3.27. The third kappa shape index (κ3) is 1.91. The fourth-order valence-electron chi connectivity index (χ4n) is 2.77. The predicted molar refractivity (Wildman–Crippen MR) is 75.3 cm³/mol. The van der Waals surface area contributed by atoms with Gasteiger partial charge in [-0.25, -0.2) is 0 Å². The molecule has 0 bridgehead atoms. The molecular formula is C14H17BrN2. The lowest BCUT2D eigenvalue weighted by Crippen LogP contribution is -2.11. The Hall–Kier alpha value is -0.800. The smallest absolute Gasteiger partial charge is 0.0516 e. The number of nitrogens with one attached hydrogen (secondary N) is 1. The van der Waals surface area contributed by atoms with Gasteiger partial charge >= 0.3 is 0 Å². The summed E-state index contributed by atoms with van der Waals surface area (Å²) in [6.07, 6.45) is 4.79. The van der Waals surface area contributed by atoms with Gasteiger partial charge in [0.15, 0.2) is 0 Å². The molecule has 2 aromatic rings. The van der Waals surface area contributed by atoms with Crippen LogP contribution < -0.4 is 5.32 Å². The molecule has 1 aromatic heterocycles. The molecule has 0 aliphatic carbocycles. The van der Waals surface area contributed by atoms with Gasteiger partial charge in [0, 0.05) is 29.1 Å². The minimum atomic E-state index is 0.968. The van der Waals surface area contributed by atoms with Crippen molar-refractivity contribution in [3.63, 3.8) is 0 Å². The Morgan fingerprint density at radius 3 is 3.12 bits per heavy atom. The lowest BCUT2D eigenvalue weighted by molar-refractivity contribution is 0.632. The molecule has 1 aliphatic heterocycles. The average molecular weight is 293 g/mol. The van der Waals surface area contributed by atoms with Gasteiger partial charge in [-0.3, -0.25) is 0 Å². The van der Waals surface area contributed by atoms with E-state index in [0.717, 1.165) is 19.6 Å². The first-order chi connectivity index (χ1) is 8.29. The van der Waals surface area contributed by atoms with Crippen molar-refractivity contribution < 1.29 is 0 Å². The zero-order valence-electron chi connectivity index (χ0n) is 10.1. The number of aryl methyl sites for hydroxylation is 2. The summed E-state index contributed by atoms with van der Waals surface area (Å²) in [7, 11) is 0. The fraction of sp³-hybridized carbons (Fsp3) is 0.429. The second kappa shape index (κ2) is 4.46. The number of nitrogens with zero attached hydrogens (tertiary/aromatic N) is 1. The summed E-state index contributed by atoms with van der Waals surface area (Å²) in [6, 6.07) is 4.53. The van der Waals surface area contributed by atoms with E-state index in [4.69, 9.17) is 0 Å². The Labute approximate surface area is 110 Å². The summed E-state index contributed by atoms with van der Waals surface area (Å²) in [5.41, 5.74) is 4.36. The van der Waals surface area contributed by atoms with Crippen molar-refractivity contribution >= 4 is 26.8 Å². The van der Waals surface area contributed by atoms with Crippen LogP contribution in [0.2, 0.25) is 0 Å². The van der Waals surface area contributed by atoms with Crippen molar-refractivity contribution in [1.82, 2.24) is 9.88 Å². The summed E-state index contributed by atoms with van der Waals surface area (Å²) in [5, 5.41) is 4.84. The van der Waals surface area contributed by atoms with Gasteiger partial charge in [0.1, 0.15) is 0 Å². The van der Waals surface area contributed by atoms with Crippen LogP contribution in [0.4, 0.5) is 0 Å². The molecule has 0 amide bonds. The summed E-state index contributed by atoms with van der Waals surface area (Å²) < 4.78 is 3.63. The molecule has 90 valence electrons. The third-order valence-electron chi connectivity index (χ3n) is 3.51. The van der Waals surface area contributed by atoms with Crippen molar-refractivity contribution in [3.8, 4) is 0 Å². The quantitative estimate of drug-likeness (QED) is 0.917. The van der Waals surface area contributed by atoms with Gasteiger partial charge in [-0.15, -0.1) is 0 Å². The number of hydrogen-bond donors (Lipinski definition) is 1. The summed E-state index contributed by atoms with van der Waals surface area (Å²) in [5.74, 6) is 0. The molecule has 0 atom stereocenters. The van der Waals surface area contributed by atoms with E-state index in [1.165, 1.54) is 39.3 Å². The molecule has 0 spiro atoms. The Morgan fingerprint density at radius 2 is 2.29 bits per heavy atom. The predicted octanol–water partition coefficient (Wildman–Crippen LogP) is 3.46. The van der Waals surface area contributed by atoms with Crippen LogP contribution in [0.25, 0.3) is 10.9 Å². The largest absolute Gasteiger partial charge is 0.347 e. The molecule has 0 saturated heterocycles. The maximum absolute atomic E-state index is 3.63. The van der Waals surface area contributed by atoms with E-state index in [9.17, 15) is 0 Å². The lowest BCUT2D eigenvalue weighted by Gasteiger charge is -2.15. The number of hydrogen-bond acceptors (Lipinski definition) is 1. The van der Waals surface area contributed by atoms with E-state index in [2.05, 4.69) is 51.1 Å². The van der Waals surface area contributed by atoms with E-state index in [-0.39, 0.29) is 0 Å². The van der Waals surface area contributed by atoms with Crippen molar-refractivity contribution in [2.45, 2.75) is 32.9 Å². The Morgan fingerprint density at radius 1 is 1.41 bits per heavy atom. The number of halogens is 1. The van der Waals surface area contributed by atoms with Crippen LogP contribution in [-0.4, -0.2) is 11.1 Å². The monoisotopic (exact) mass is 292 g/mol. The van der Waals surface area contributed by atoms with Crippen LogP contribution in [-0.2, 0) is 19.5 Å². The minimum absolute atomic E-state index is 0.968. The summed E-state index contributed by atoms with van der Waals surface area (Å²) in [4.78, 5) is 0. The van der Waals surface area contributed by atoms with E-state index in [1.54, 1.807) is 0 Å². The molecule has 0 unspecified atom stereocenters. The molecule has 2 heterocycles. The molecule has 2 nitrogen and oxygen atoms in total. The van der Waals surface area contributed by atoms with Crippen molar-refractivity contribution in [2.24, 2.45) is 0 Å². The van der Waals surface area contributed by atoms with Crippen molar-refractivity contribution in [3.05, 3.63) is 33.9 Å². The Kier molecular flexibility index (Phi) is 2.97. The van der Waals surface area contributed by atoms with E-state index in [1.807, 2.05) is 0 Å². The highest BCUT2D eigenvalue weighted by molar-refractivity contribution is 9.10. The highest BCUT2D eigenvalue weighted by Crippen LogP contribution is 2.32. The minimum Gasteiger partial charge on any atom is -0.347 e. The average Bonchev–Trinajstić information content (AvgIpc) is 2.66. The lowest BCUT2D eigenvalue weighted by atomic mass is 10.0. The Bertz CT molecular complexity index is 557. The van der Waals surface area contributed by atoms with Crippen LogP contribution in [0.3, 0.4) is 0 Å². The van der Waals surface area contributed by atoms with Gasteiger partial charge in [0.25, 0.3) is 0 Å². The second-order valence-corrected chi connectivity index (χ2v) is 5.61. The molecule has 1 aliphatic rings. The second-order valence-electron chi connectivity index (χ2n) is 4.69. The SMILES string of the molecule is CCNCc1cn2c3c(cc(Br)cc13)CCC2. The zero-order chi connectivity index (χ0) is 11.8. The standard InChI is InChI=1S/C14H17BrN2/c1-2-16-8-11-9-17-5-3-4-10-6-12(15)7-13(11)14(10)17/h6-7,9,16H,2-5,8H2,1H3. The van der Waals surface area contributed by atoms with Crippen LogP contribution >= 0.6 is 15.9 Å². The number of rotatable bonds is 3. The highest BCUT2D eigenvalue weighted by Gasteiger charge is 2.16. The van der Waals surface area contributed by atoms with E-state index >= 15 is 0 Å². The summed E-state index contributed by atoms with van der Waals surface area (Å²) in [6.45, 7) is 5.30. The molecule has 3 heteroatoms. The first-order valence-corrected chi connectivity index (χ1v) is 7.09.